The minimum absolute atomic E-state index is 0.280. The van der Waals surface area contributed by atoms with Gasteiger partial charge in [0.15, 0.2) is 0 Å². The molecule has 0 saturated carbocycles. The minimum Gasteiger partial charge on any atom is -0.465 e. The molecule has 3 heterocycles. The maximum Gasteiger partial charge on any atom is 0.407 e. The highest BCUT2D eigenvalue weighted by molar-refractivity contribution is 5.77. The molecule has 0 unspecified atom stereocenters. The van der Waals surface area contributed by atoms with Gasteiger partial charge in [0.25, 0.3) is 0 Å². The molecule has 1 aromatic heterocycles. The lowest BCUT2D eigenvalue weighted by atomic mass is 10.1. The molecule has 3 rings (SSSR count). The normalized spacial score (nSPS) is 20.5. The Morgan fingerprint density at radius 1 is 1.35 bits per heavy atom. The Morgan fingerprint density at radius 3 is 2.81 bits per heavy atom. The van der Waals surface area contributed by atoms with Crippen LogP contribution in [0.5, 0.6) is 0 Å². The number of fused-ring (bicyclic) bond motifs is 1. The average Bonchev–Trinajstić information content (AvgIpc) is 2.59. The van der Waals surface area contributed by atoms with Gasteiger partial charge < -0.3 is 25.0 Å². The molecule has 2 N–H and O–H groups in total. The Labute approximate surface area is 152 Å². The van der Waals surface area contributed by atoms with E-state index in [0.29, 0.717) is 45.1 Å². The molecule has 26 heavy (non-hydrogen) atoms. The maximum absolute atomic E-state index is 12.3. The lowest BCUT2D eigenvalue weighted by Gasteiger charge is -2.34. The Hall–Kier alpha value is -2.42. The fourth-order valence-corrected chi connectivity index (χ4v) is 3.08. The van der Waals surface area contributed by atoms with E-state index in [0.717, 1.165) is 11.3 Å². The number of anilines is 1. The van der Waals surface area contributed by atoms with Crippen molar-refractivity contribution in [3.63, 3.8) is 0 Å². The van der Waals surface area contributed by atoms with Gasteiger partial charge in [-0.05, 0) is 20.8 Å². The van der Waals surface area contributed by atoms with E-state index in [1.165, 1.54) is 4.90 Å². The van der Waals surface area contributed by atoms with Crippen molar-refractivity contribution in [2.45, 2.75) is 45.4 Å². The summed E-state index contributed by atoms with van der Waals surface area (Å²) in [5, 5.41) is 12.3. The van der Waals surface area contributed by atoms with Crippen LogP contribution in [0.3, 0.4) is 0 Å². The topological polar surface area (TPSA) is 108 Å². The molecule has 0 bridgehead atoms. The van der Waals surface area contributed by atoms with Gasteiger partial charge in [-0.15, -0.1) is 0 Å². The molecule has 1 saturated heterocycles. The van der Waals surface area contributed by atoms with Gasteiger partial charge in [-0.3, -0.25) is 4.79 Å². The molecule has 1 amide bonds. The van der Waals surface area contributed by atoms with Crippen LogP contribution in [0.2, 0.25) is 0 Å². The van der Waals surface area contributed by atoms with Crippen molar-refractivity contribution in [3.05, 3.63) is 17.5 Å². The molecule has 2 aliphatic rings. The molecular formula is C17H25N5O4. The summed E-state index contributed by atoms with van der Waals surface area (Å²) in [5.41, 5.74) is 1.18. The number of nitrogens with zero attached hydrogens (tertiary/aromatic N) is 4. The summed E-state index contributed by atoms with van der Waals surface area (Å²) in [7, 11) is 0. The zero-order valence-corrected chi connectivity index (χ0v) is 15.4. The molecule has 1 aromatic rings. The van der Waals surface area contributed by atoms with E-state index in [1.807, 2.05) is 25.7 Å². The van der Waals surface area contributed by atoms with Crippen LogP contribution >= 0.6 is 0 Å². The summed E-state index contributed by atoms with van der Waals surface area (Å²) in [6.45, 7) is 8.05. The molecular weight excluding hydrogens is 338 g/mol. The summed E-state index contributed by atoms with van der Waals surface area (Å²) in [6, 6.07) is -0.426. The molecule has 142 valence electrons. The van der Waals surface area contributed by atoms with Gasteiger partial charge in [0, 0.05) is 44.4 Å². The van der Waals surface area contributed by atoms with Crippen molar-refractivity contribution >= 4 is 18.0 Å². The van der Waals surface area contributed by atoms with Crippen LogP contribution in [0.15, 0.2) is 6.20 Å². The number of ether oxygens (including phenoxy) is 1. The quantitative estimate of drug-likeness (QED) is 0.737. The average molecular weight is 363 g/mol. The molecule has 9 heteroatoms. The Balaban J connectivity index is 1.69. The third-order valence-corrected chi connectivity index (χ3v) is 4.34. The fourth-order valence-electron chi connectivity index (χ4n) is 3.08. The summed E-state index contributed by atoms with van der Waals surface area (Å²) in [5.74, 6) is 0.292. The van der Waals surface area contributed by atoms with Crippen molar-refractivity contribution in [1.82, 2.24) is 20.2 Å². The monoisotopic (exact) mass is 363 g/mol. The van der Waals surface area contributed by atoms with Gasteiger partial charge in [0.1, 0.15) is 11.6 Å². The van der Waals surface area contributed by atoms with Crippen molar-refractivity contribution < 1.29 is 19.4 Å². The number of rotatable bonds is 2. The van der Waals surface area contributed by atoms with Crippen LogP contribution in [0.25, 0.3) is 0 Å². The van der Waals surface area contributed by atoms with Crippen LogP contribution in [0.4, 0.5) is 10.7 Å². The highest BCUT2D eigenvalue weighted by Crippen LogP contribution is 2.20. The third-order valence-electron chi connectivity index (χ3n) is 4.34. The number of esters is 1. The highest BCUT2D eigenvalue weighted by Gasteiger charge is 2.31. The molecule has 0 aromatic carbocycles. The van der Waals surface area contributed by atoms with Crippen LogP contribution in [-0.4, -0.2) is 69.9 Å². The third kappa shape index (κ3) is 4.21. The molecule has 2 aliphatic heterocycles. The standard InChI is InChI=1S/C17H25N5O4/c1-17(2,3)26-14(23)13-10-21(7-5-18-13)15-19-8-11-9-22(16(24)25)6-4-12(11)20-15/h8,13,18H,4-7,9-10H2,1-3H3,(H,24,25)/t13-/m1/s1. The number of aromatic nitrogens is 2. The Bertz CT molecular complexity index is 703. The van der Waals surface area contributed by atoms with Gasteiger partial charge in [-0.25, -0.2) is 14.8 Å². The second-order valence-corrected chi connectivity index (χ2v) is 7.58. The Morgan fingerprint density at radius 2 is 2.12 bits per heavy atom. The highest BCUT2D eigenvalue weighted by atomic mass is 16.6. The van der Waals surface area contributed by atoms with Crippen LogP contribution in [-0.2, 0) is 22.5 Å². The van der Waals surface area contributed by atoms with E-state index in [1.54, 1.807) is 6.20 Å². The first kappa shape index (κ1) is 18.4. The fraction of sp³-hybridized carbons (Fsp3) is 0.647. The second-order valence-electron chi connectivity index (χ2n) is 7.58. The number of carbonyl (C=O) groups is 2. The first-order valence-corrected chi connectivity index (χ1v) is 8.77. The Kier molecular flexibility index (Phi) is 4.99. The number of carbonyl (C=O) groups excluding carboxylic acids is 1. The van der Waals surface area contributed by atoms with E-state index in [9.17, 15) is 9.59 Å². The molecule has 0 spiro atoms. The lowest BCUT2D eigenvalue weighted by molar-refractivity contribution is -0.157. The van der Waals surface area contributed by atoms with Gasteiger partial charge in [0.05, 0.1) is 12.2 Å². The largest absolute Gasteiger partial charge is 0.465 e. The second kappa shape index (κ2) is 7.06. The SMILES string of the molecule is CC(C)(C)OC(=O)[C@H]1CN(c2ncc3c(n2)CCN(C(=O)O)C3)CCN1. The van der Waals surface area contributed by atoms with Gasteiger partial charge in [0.2, 0.25) is 5.95 Å². The molecule has 1 fully saturated rings. The lowest BCUT2D eigenvalue weighted by Crippen LogP contribution is -2.56. The van der Waals surface area contributed by atoms with Gasteiger partial charge >= 0.3 is 12.1 Å². The number of hydrogen-bond acceptors (Lipinski definition) is 7. The van der Waals surface area contributed by atoms with Gasteiger partial charge in [-0.2, -0.15) is 0 Å². The molecule has 0 radical (unpaired) electrons. The first-order chi connectivity index (χ1) is 12.2. The van der Waals surface area contributed by atoms with E-state index in [2.05, 4.69) is 15.3 Å². The summed E-state index contributed by atoms with van der Waals surface area (Å²) in [6.07, 6.45) is 1.33. The van der Waals surface area contributed by atoms with Gasteiger partial charge in [-0.1, -0.05) is 0 Å². The predicted octanol–water partition coefficient (Wildman–Crippen LogP) is 0.633. The van der Waals surface area contributed by atoms with Crippen molar-refractivity contribution in [3.8, 4) is 0 Å². The predicted molar refractivity (Wildman–Crippen MR) is 94.0 cm³/mol. The van der Waals surface area contributed by atoms with E-state index >= 15 is 0 Å². The van der Waals surface area contributed by atoms with Crippen LogP contribution in [0, 0.1) is 0 Å². The van der Waals surface area contributed by atoms with Crippen molar-refractivity contribution in [1.29, 1.82) is 0 Å². The maximum atomic E-state index is 12.3. The van der Waals surface area contributed by atoms with E-state index in [4.69, 9.17) is 9.84 Å². The van der Waals surface area contributed by atoms with E-state index in [-0.39, 0.29) is 5.97 Å². The van der Waals surface area contributed by atoms with Crippen molar-refractivity contribution in [2.24, 2.45) is 0 Å². The first-order valence-electron chi connectivity index (χ1n) is 8.77. The number of hydrogen-bond donors (Lipinski definition) is 2. The van der Waals surface area contributed by atoms with Crippen molar-refractivity contribution in [2.75, 3.05) is 31.1 Å². The minimum atomic E-state index is -0.929. The number of carboxylic acid groups (broad SMARTS) is 1. The smallest absolute Gasteiger partial charge is 0.407 e. The molecule has 9 nitrogen and oxygen atoms in total. The molecule has 0 aliphatic carbocycles. The number of amides is 1. The summed E-state index contributed by atoms with van der Waals surface area (Å²) in [4.78, 5) is 35.7. The zero-order valence-electron chi connectivity index (χ0n) is 15.4. The summed E-state index contributed by atoms with van der Waals surface area (Å²) >= 11 is 0. The zero-order chi connectivity index (χ0) is 18.9. The number of nitrogens with one attached hydrogen (secondary N) is 1. The summed E-state index contributed by atoms with van der Waals surface area (Å²) < 4.78 is 5.46. The molecule has 1 atom stereocenters. The number of piperazine rings is 1. The van der Waals surface area contributed by atoms with E-state index < -0.39 is 17.7 Å². The van der Waals surface area contributed by atoms with Crippen LogP contribution in [0.1, 0.15) is 32.0 Å². The van der Waals surface area contributed by atoms with Crippen LogP contribution < -0.4 is 10.2 Å².